The second-order valence-electron chi connectivity index (χ2n) is 4.40. The summed E-state index contributed by atoms with van der Waals surface area (Å²) in [5.41, 5.74) is 7.92. The Morgan fingerprint density at radius 1 is 1.00 bits per heavy atom. The number of nitrogens with two attached hydrogens (primary N) is 1. The van der Waals surface area contributed by atoms with E-state index in [-0.39, 0.29) is 11.9 Å². The molecule has 0 fully saturated rings. The molecule has 1 unspecified atom stereocenters. The number of hydrogen-bond acceptors (Lipinski definition) is 3. The molecule has 0 aliphatic carbocycles. The smallest absolute Gasteiger partial charge is 0.166 e. The molecule has 1 aliphatic heterocycles. The molecule has 1 atom stereocenters. The van der Waals surface area contributed by atoms with Gasteiger partial charge in [-0.15, -0.1) is 0 Å². The lowest BCUT2D eigenvalue weighted by atomic mass is 9.98. The minimum absolute atomic E-state index is 0.273. The maximum atomic E-state index is 12.9. The Bertz CT molecular complexity index is 583. The van der Waals surface area contributed by atoms with Gasteiger partial charge < -0.3 is 15.2 Å². The van der Waals surface area contributed by atoms with Crippen molar-refractivity contribution < 1.29 is 13.9 Å². The van der Waals surface area contributed by atoms with Gasteiger partial charge in [-0.25, -0.2) is 4.39 Å². The van der Waals surface area contributed by atoms with Gasteiger partial charge in [-0.3, -0.25) is 0 Å². The Balaban J connectivity index is 1.99. The van der Waals surface area contributed by atoms with Crippen LogP contribution in [0, 0.1) is 5.82 Å². The van der Waals surface area contributed by atoms with Crippen molar-refractivity contribution in [3.05, 3.63) is 59.4 Å². The van der Waals surface area contributed by atoms with Crippen LogP contribution in [0.25, 0.3) is 0 Å². The van der Waals surface area contributed by atoms with Gasteiger partial charge in [0.15, 0.2) is 11.5 Å². The molecule has 0 bridgehead atoms. The molecular weight excluding hydrogens is 245 g/mol. The van der Waals surface area contributed by atoms with Crippen LogP contribution < -0.4 is 15.2 Å². The first kappa shape index (κ1) is 12.0. The summed E-state index contributed by atoms with van der Waals surface area (Å²) in [7, 11) is 0. The fourth-order valence-corrected chi connectivity index (χ4v) is 2.19. The summed E-state index contributed by atoms with van der Waals surface area (Å²) in [6.07, 6.45) is 0. The van der Waals surface area contributed by atoms with Crippen molar-refractivity contribution in [3.63, 3.8) is 0 Å². The van der Waals surface area contributed by atoms with Crippen molar-refractivity contribution >= 4 is 0 Å². The quantitative estimate of drug-likeness (QED) is 0.901. The zero-order chi connectivity index (χ0) is 13.2. The van der Waals surface area contributed by atoms with E-state index < -0.39 is 0 Å². The number of rotatable bonds is 2. The van der Waals surface area contributed by atoms with Crippen LogP contribution in [0.5, 0.6) is 11.5 Å². The van der Waals surface area contributed by atoms with Gasteiger partial charge in [0.1, 0.15) is 19.0 Å². The first-order chi connectivity index (χ1) is 9.25. The molecule has 1 heterocycles. The Kier molecular flexibility index (Phi) is 3.09. The fourth-order valence-electron chi connectivity index (χ4n) is 2.19. The summed E-state index contributed by atoms with van der Waals surface area (Å²) in [5, 5.41) is 0. The lowest BCUT2D eigenvalue weighted by Crippen LogP contribution is -2.20. The van der Waals surface area contributed by atoms with Crippen molar-refractivity contribution in [1.29, 1.82) is 0 Å². The van der Waals surface area contributed by atoms with Gasteiger partial charge >= 0.3 is 0 Å². The van der Waals surface area contributed by atoms with E-state index in [0.717, 1.165) is 11.1 Å². The van der Waals surface area contributed by atoms with Gasteiger partial charge in [-0.05, 0) is 23.8 Å². The van der Waals surface area contributed by atoms with Gasteiger partial charge in [-0.2, -0.15) is 0 Å². The van der Waals surface area contributed by atoms with Crippen LogP contribution >= 0.6 is 0 Å². The standard InChI is InChI=1S/C15H14FNO2/c16-11-6-4-10(5-7-11)14(17)12-2-1-3-13-15(12)19-9-8-18-13/h1-7,14H,8-9,17H2. The van der Waals surface area contributed by atoms with E-state index in [1.165, 1.54) is 12.1 Å². The summed E-state index contributed by atoms with van der Waals surface area (Å²) in [4.78, 5) is 0. The van der Waals surface area contributed by atoms with E-state index in [0.29, 0.717) is 24.7 Å². The molecular formula is C15H14FNO2. The van der Waals surface area contributed by atoms with Crippen molar-refractivity contribution in [3.8, 4) is 11.5 Å². The number of fused-ring (bicyclic) bond motifs is 1. The van der Waals surface area contributed by atoms with Gasteiger partial charge in [0, 0.05) is 5.56 Å². The predicted molar refractivity (Wildman–Crippen MR) is 69.9 cm³/mol. The monoisotopic (exact) mass is 259 g/mol. The van der Waals surface area contributed by atoms with Crippen LogP contribution in [-0.4, -0.2) is 13.2 Å². The van der Waals surface area contributed by atoms with Crippen LogP contribution in [-0.2, 0) is 0 Å². The minimum atomic E-state index is -0.364. The second kappa shape index (κ2) is 4.90. The SMILES string of the molecule is NC(c1ccc(F)cc1)c1cccc2c1OCCO2. The molecule has 2 N–H and O–H groups in total. The molecule has 2 aromatic carbocycles. The highest BCUT2D eigenvalue weighted by molar-refractivity contribution is 5.51. The lowest BCUT2D eigenvalue weighted by molar-refractivity contribution is 0.169. The Morgan fingerprint density at radius 2 is 1.74 bits per heavy atom. The highest BCUT2D eigenvalue weighted by Gasteiger charge is 2.20. The average molecular weight is 259 g/mol. The Morgan fingerprint density at radius 3 is 2.53 bits per heavy atom. The summed E-state index contributed by atoms with van der Waals surface area (Å²) >= 11 is 0. The van der Waals surface area contributed by atoms with E-state index in [2.05, 4.69) is 0 Å². The molecule has 3 nitrogen and oxygen atoms in total. The maximum Gasteiger partial charge on any atom is 0.166 e. The first-order valence-electron chi connectivity index (χ1n) is 6.15. The number of para-hydroxylation sites is 1. The Labute approximate surface area is 110 Å². The van der Waals surface area contributed by atoms with Gasteiger partial charge in [0.2, 0.25) is 0 Å². The zero-order valence-electron chi connectivity index (χ0n) is 10.3. The summed E-state index contributed by atoms with van der Waals surface area (Å²) in [6, 6.07) is 11.5. The molecule has 4 heteroatoms. The third-order valence-corrected chi connectivity index (χ3v) is 3.16. The molecule has 1 aliphatic rings. The van der Waals surface area contributed by atoms with Crippen LogP contribution in [0.3, 0.4) is 0 Å². The molecule has 98 valence electrons. The minimum Gasteiger partial charge on any atom is -0.486 e. The van der Waals surface area contributed by atoms with Gasteiger partial charge in [0.05, 0.1) is 6.04 Å². The largest absolute Gasteiger partial charge is 0.486 e. The second-order valence-corrected chi connectivity index (χ2v) is 4.40. The topological polar surface area (TPSA) is 44.5 Å². The van der Waals surface area contributed by atoms with E-state index in [9.17, 15) is 4.39 Å². The molecule has 0 spiro atoms. The molecule has 19 heavy (non-hydrogen) atoms. The highest BCUT2D eigenvalue weighted by Crippen LogP contribution is 2.38. The predicted octanol–water partition coefficient (Wildman–Crippen LogP) is 2.65. The van der Waals surface area contributed by atoms with Crippen LogP contribution in [0.15, 0.2) is 42.5 Å². The molecule has 0 amide bonds. The number of halogens is 1. The molecule has 3 rings (SSSR count). The summed E-state index contributed by atoms with van der Waals surface area (Å²) in [5.74, 6) is 1.12. The number of benzene rings is 2. The molecule has 0 radical (unpaired) electrons. The summed E-state index contributed by atoms with van der Waals surface area (Å²) in [6.45, 7) is 1.06. The van der Waals surface area contributed by atoms with Crippen molar-refractivity contribution in [2.45, 2.75) is 6.04 Å². The lowest BCUT2D eigenvalue weighted by Gasteiger charge is -2.23. The van der Waals surface area contributed by atoms with Crippen LogP contribution in [0.4, 0.5) is 4.39 Å². The van der Waals surface area contributed by atoms with Crippen LogP contribution in [0.1, 0.15) is 17.2 Å². The van der Waals surface area contributed by atoms with E-state index in [4.69, 9.17) is 15.2 Å². The average Bonchev–Trinajstić information content (AvgIpc) is 2.47. The van der Waals surface area contributed by atoms with Crippen molar-refractivity contribution in [2.75, 3.05) is 13.2 Å². The molecule has 0 saturated heterocycles. The zero-order valence-corrected chi connectivity index (χ0v) is 10.3. The molecule has 2 aromatic rings. The third-order valence-electron chi connectivity index (χ3n) is 3.16. The summed E-state index contributed by atoms with van der Waals surface area (Å²) < 4.78 is 24.1. The van der Waals surface area contributed by atoms with Gasteiger partial charge in [-0.1, -0.05) is 24.3 Å². The highest BCUT2D eigenvalue weighted by atomic mass is 19.1. The van der Waals surface area contributed by atoms with E-state index >= 15 is 0 Å². The molecule has 0 saturated carbocycles. The normalized spacial score (nSPS) is 15.1. The molecule has 0 aromatic heterocycles. The number of ether oxygens (including phenoxy) is 2. The maximum absolute atomic E-state index is 12.9. The Hall–Kier alpha value is -2.07. The fraction of sp³-hybridized carbons (Fsp3) is 0.200. The van der Waals surface area contributed by atoms with E-state index in [1.807, 2.05) is 18.2 Å². The van der Waals surface area contributed by atoms with Crippen molar-refractivity contribution in [2.24, 2.45) is 5.73 Å². The van der Waals surface area contributed by atoms with Crippen molar-refractivity contribution in [1.82, 2.24) is 0 Å². The first-order valence-corrected chi connectivity index (χ1v) is 6.15. The van der Waals surface area contributed by atoms with Crippen LogP contribution in [0.2, 0.25) is 0 Å². The third kappa shape index (κ3) is 2.27. The number of hydrogen-bond donors (Lipinski definition) is 1. The van der Waals surface area contributed by atoms with E-state index in [1.54, 1.807) is 12.1 Å². The van der Waals surface area contributed by atoms with Gasteiger partial charge in [0.25, 0.3) is 0 Å².